The SMILES string of the molecule is CC(CBr)C(C)NC(=O)COCC(F)(F)F. The van der Waals surface area contributed by atoms with E-state index in [0.29, 0.717) is 5.33 Å². The van der Waals surface area contributed by atoms with Crippen LogP contribution >= 0.6 is 15.9 Å². The number of ether oxygens (including phenoxy) is 1. The van der Waals surface area contributed by atoms with Crippen molar-refractivity contribution in [3.05, 3.63) is 0 Å². The molecule has 0 bridgehead atoms. The number of carbonyl (C=O) groups excluding carboxylic acids is 1. The summed E-state index contributed by atoms with van der Waals surface area (Å²) in [5.74, 6) is -0.337. The Morgan fingerprint density at radius 2 is 2.00 bits per heavy atom. The molecule has 7 heteroatoms. The molecule has 0 fully saturated rings. The number of amides is 1. The van der Waals surface area contributed by atoms with Crippen molar-refractivity contribution < 1.29 is 22.7 Å². The van der Waals surface area contributed by atoms with Gasteiger partial charge in [0.15, 0.2) is 0 Å². The Morgan fingerprint density at radius 3 is 2.44 bits per heavy atom. The molecule has 0 rings (SSSR count). The lowest BCUT2D eigenvalue weighted by molar-refractivity contribution is -0.175. The minimum Gasteiger partial charge on any atom is -0.362 e. The van der Waals surface area contributed by atoms with Gasteiger partial charge in [-0.15, -0.1) is 0 Å². The molecule has 0 saturated heterocycles. The molecule has 0 radical (unpaired) electrons. The highest BCUT2D eigenvalue weighted by atomic mass is 79.9. The molecule has 0 saturated carbocycles. The van der Waals surface area contributed by atoms with Gasteiger partial charge in [-0.05, 0) is 12.8 Å². The molecule has 2 unspecified atom stereocenters. The summed E-state index contributed by atoms with van der Waals surface area (Å²) in [6, 6.07) is -0.110. The van der Waals surface area contributed by atoms with Crippen LogP contribution in [0.25, 0.3) is 0 Å². The third-order valence-electron chi connectivity index (χ3n) is 1.98. The van der Waals surface area contributed by atoms with Crippen molar-refractivity contribution in [3.8, 4) is 0 Å². The molecule has 0 aliphatic heterocycles. The monoisotopic (exact) mass is 305 g/mol. The Kier molecular flexibility index (Phi) is 6.98. The molecule has 0 aromatic carbocycles. The number of nitrogens with one attached hydrogen (secondary N) is 1. The molecule has 0 aromatic rings. The van der Waals surface area contributed by atoms with E-state index >= 15 is 0 Å². The number of carbonyl (C=O) groups is 1. The largest absolute Gasteiger partial charge is 0.411 e. The summed E-state index contributed by atoms with van der Waals surface area (Å²) in [5, 5.41) is 3.26. The van der Waals surface area contributed by atoms with E-state index in [-0.39, 0.29) is 12.0 Å². The topological polar surface area (TPSA) is 38.3 Å². The number of rotatable bonds is 6. The Bertz CT molecular complexity index is 223. The lowest BCUT2D eigenvalue weighted by atomic mass is 10.1. The standard InChI is InChI=1S/C9H15BrF3NO2/c1-6(3-10)7(2)14-8(15)4-16-5-9(11,12)13/h6-7H,3-5H2,1-2H3,(H,14,15). The minimum atomic E-state index is -4.39. The fraction of sp³-hybridized carbons (Fsp3) is 0.889. The average molecular weight is 306 g/mol. The quantitative estimate of drug-likeness (QED) is 0.763. The van der Waals surface area contributed by atoms with Crippen LogP contribution in [0.3, 0.4) is 0 Å². The van der Waals surface area contributed by atoms with Crippen LogP contribution in [0.15, 0.2) is 0 Å². The first-order valence-electron chi connectivity index (χ1n) is 4.76. The normalized spacial score (nSPS) is 15.6. The van der Waals surface area contributed by atoms with Crippen molar-refractivity contribution in [3.63, 3.8) is 0 Å². The summed E-state index contributed by atoms with van der Waals surface area (Å²) in [6.45, 7) is 1.73. The molecule has 1 amide bonds. The summed E-state index contributed by atoms with van der Waals surface area (Å²) in [7, 11) is 0. The zero-order chi connectivity index (χ0) is 12.8. The van der Waals surface area contributed by atoms with Gasteiger partial charge in [0, 0.05) is 11.4 Å². The van der Waals surface area contributed by atoms with Crippen molar-refractivity contribution in [1.29, 1.82) is 0 Å². The van der Waals surface area contributed by atoms with Crippen molar-refractivity contribution in [2.45, 2.75) is 26.1 Å². The second-order valence-corrected chi connectivity index (χ2v) is 4.24. The molecule has 16 heavy (non-hydrogen) atoms. The highest BCUT2D eigenvalue weighted by molar-refractivity contribution is 9.09. The van der Waals surface area contributed by atoms with E-state index in [1.165, 1.54) is 0 Å². The third-order valence-corrected chi connectivity index (χ3v) is 3.01. The molecule has 96 valence electrons. The predicted octanol–water partition coefficient (Wildman–Crippen LogP) is 2.10. The molecule has 0 heterocycles. The number of hydrogen-bond donors (Lipinski definition) is 1. The molecule has 0 aliphatic carbocycles. The van der Waals surface area contributed by atoms with Crippen LogP contribution in [-0.4, -0.2) is 36.7 Å². The Morgan fingerprint density at radius 1 is 1.44 bits per heavy atom. The van der Waals surface area contributed by atoms with Gasteiger partial charge >= 0.3 is 6.18 Å². The summed E-state index contributed by atoms with van der Waals surface area (Å²) in [5.41, 5.74) is 0. The lowest BCUT2D eigenvalue weighted by Crippen LogP contribution is -2.40. The second-order valence-electron chi connectivity index (χ2n) is 3.60. The van der Waals surface area contributed by atoms with E-state index in [2.05, 4.69) is 26.0 Å². The van der Waals surface area contributed by atoms with Crippen molar-refractivity contribution in [2.24, 2.45) is 5.92 Å². The van der Waals surface area contributed by atoms with Crippen LogP contribution in [0.2, 0.25) is 0 Å². The summed E-state index contributed by atoms with van der Waals surface area (Å²) in [4.78, 5) is 11.1. The molecule has 1 N–H and O–H groups in total. The van der Waals surface area contributed by atoms with Crippen LogP contribution < -0.4 is 5.32 Å². The van der Waals surface area contributed by atoms with Gasteiger partial charge in [0.2, 0.25) is 5.91 Å². The Labute approximate surface area is 101 Å². The first-order chi connectivity index (χ1) is 7.26. The number of hydrogen-bond acceptors (Lipinski definition) is 2. The van der Waals surface area contributed by atoms with Crippen LogP contribution in [0, 0.1) is 5.92 Å². The highest BCUT2D eigenvalue weighted by Crippen LogP contribution is 2.14. The molecule has 3 nitrogen and oxygen atoms in total. The predicted molar refractivity (Wildman–Crippen MR) is 57.4 cm³/mol. The van der Waals surface area contributed by atoms with Gasteiger partial charge in [-0.3, -0.25) is 4.79 Å². The van der Waals surface area contributed by atoms with Crippen LogP contribution in [0.1, 0.15) is 13.8 Å². The van der Waals surface area contributed by atoms with Crippen molar-refractivity contribution >= 4 is 21.8 Å². The van der Waals surface area contributed by atoms with Gasteiger partial charge in [-0.25, -0.2) is 0 Å². The molecular weight excluding hydrogens is 291 g/mol. The summed E-state index contributed by atoms with van der Waals surface area (Å²) in [6.07, 6.45) is -4.39. The molecule has 0 spiro atoms. The molecular formula is C9H15BrF3NO2. The smallest absolute Gasteiger partial charge is 0.362 e. The third kappa shape index (κ3) is 7.92. The zero-order valence-corrected chi connectivity index (χ0v) is 10.7. The maximum Gasteiger partial charge on any atom is 0.411 e. The van der Waals surface area contributed by atoms with E-state index in [4.69, 9.17) is 0 Å². The van der Waals surface area contributed by atoms with Gasteiger partial charge in [-0.1, -0.05) is 22.9 Å². The molecule has 0 aromatic heterocycles. The lowest BCUT2D eigenvalue weighted by Gasteiger charge is -2.19. The van der Waals surface area contributed by atoms with E-state index in [1.54, 1.807) is 6.92 Å². The van der Waals surface area contributed by atoms with E-state index in [0.717, 1.165) is 0 Å². The maximum atomic E-state index is 11.7. The second kappa shape index (κ2) is 7.11. The highest BCUT2D eigenvalue weighted by Gasteiger charge is 2.27. The first-order valence-corrected chi connectivity index (χ1v) is 5.88. The molecule has 0 aliphatic rings. The summed E-state index contributed by atoms with van der Waals surface area (Å²) < 4.78 is 39.3. The summed E-state index contributed by atoms with van der Waals surface area (Å²) >= 11 is 3.25. The van der Waals surface area contributed by atoms with Crippen molar-refractivity contribution in [1.82, 2.24) is 5.32 Å². The fourth-order valence-electron chi connectivity index (χ4n) is 0.831. The first kappa shape index (κ1) is 15.7. The van der Waals surface area contributed by atoms with E-state index in [9.17, 15) is 18.0 Å². The Balaban J connectivity index is 3.75. The van der Waals surface area contributed by atoms with Gasteiger partial charge < -0.3 is 10.1 Å². The number of halogens is 4. The van der Waals surface area contributed by atoms with Gasteiger partial charge in [0.25, 0.3) is 0 Å². The fourth-order valence-corrected chi connectivity index (χ4v) is 1.39. The average Bonchev–Trinajstić information content (AvgIpc) is 2.14. The van der Waals surface area contributed by atoms with E-state index < -0.39 is 25.3 Å². The van der Waals surface area contributed by atoms with Crippen LogP contribution in [-0.2, 0) is 9.53 Å². The minimum absolute atomic E-state index is 0.110. The van der Waals surface area contributed by atoms with E-state index in [1.807, 2.05) is 6.92 Å². The van der Waals surface area contributed by atoms with Crippen molar-refractivity contribution in [2.75, 3.05) is 18.5 Å². The van der Waals surface area contributed by atoms with Gasteiger partial charge in [0.05, 0.1) is 0 Å². The van der Waals surface area contributed by atoms with Crippen LogP contribution in [0.5, 0.6) is 0 Å². The van der Waals surface area contributed by atoms with Gasteiger partial charge in [-0.2, -0.15) is 13.2 Å². The maximum absolute atomic E-state index is 11.7. The Hall–Kier alpha value is -0.300. The zero-order valence-electron chi connectivity index (χ0n) is 9.10. The van der Waals surface area contributed by atoms with Gasteiger partial charge in [0.1, 0.15) is 13.2 Å². The van der Waals surface area contributed by atoms with Crippen LogP contribution in [0.4, 0.5) is 13.2 Å². The number of alkyl halides is 4. The molecule has 2 atom stereocenters.